The fraction of sp³-hybridized carbons (Fsp3) is 0.750. The highest BCUT2D eigenvalue weighted by molar-refractivity contribution is 5.78. The molecule has 154 valence electrons. The summed E-state index contributed by atoms with van der Waals surface area (Å²) in [4.78, 5) is 28.6. The van der Waals surface area contributed by atoms with Crippen LogP contribution in [0.2, 0.25) is 0 Å². The lowest BCUT2D eigenvalue weighted by Gasteiger charge is -2.37. The molecule has 2 atom stereocenters. The van der Waals surface area contributed by atoms with E-state index in [4.69, 9.17) is 5.73 Å². The number of likely N-dealkylation sites (tertiary alicyclic amines) is 1. The van der Waals surface area contributed by atoms with Crippen molar-refractivity contribution in [2.75, 3.05) is 42.5 Å². The minimum absolute atomic E-state index is 0.135. The van der Waals surface area contributed by atoms with Gasteiger partial charge in [0.05, 0.1) is 19.1 Å². The van der Waals surface area contributed by atoms with Crippen LogP contribution in [-0.2, 0) is 4.79 Å². The second-order valence-electron chi connectivity index (χ2n) is 7.63. The number of halogens is 4. The molecule has 4 heterocycles. The lowest BCUT2D eigenvalue weighted by molar-refractivity contribution is -0.150. The smallest absolute Gasteiger partial charge is 0.267 e. The van der Waals surface area contributed by atoms with E-state index in [1.807, 2.05) is 0 Å². The van der Waals surface area contributed by atoms with E-state index in [1.165, 1.54) is 11.2 Å². The first-order valence-corrected chi connectivity index (χ1v) is 9.13. The molecule has 0 aromatic carbocycles. The first-order chi connectivity index (χ1) is 13.1. The van der Waals surface area contributed by atoms with Gasteiger partial charge in [0, 0.05) is 44.9 Å². The summed E-state index contributed by atoms with van der Waals surface area (Å²) >= 11 is 0. The van der Waals surface area contributed by atoms with E-state index >= 15 is 0 Å². The van der Waals surface area contributed by atoms with Gasteiger partial charge in [0.1, 0.15) is 6.33 Å². The van der Waals surface area contributed by atoms with Crippen LogP contribution >= 0.6 is 0 Å². The molecule has 0 radical (unpaired) electrons. The van der Waals surface area contributed by atoms with E-state index in [0.29, 0.717) is 0 Å². The molecule has 12 heteroatoms. The van der Waals surface area contributed by atoms with Gasteiger partial charge in [-0.25, -0.2) is 27.5 Å². The van der Waals surface area contributed by atoms with Crippen molar-refractivity contribution in [1.29, 1.82) is 0 Å². The molecule has 3 saturated heterocycles. The highest BCUT2D eigenvalue weighted by atomic mass is 19.3. The summed E-state index contributed by atoms with van der Waals surface area (Å²) in [5.74, 6) is -5.69. The molecule has 0 saturated carbocycles. The Morgan fingerprint density at radius 3 is 2.36 bits per heavy atom. The Hall–Kier alpha value is -2.24. The number of hydrogen-bond acceptors (Lipinski definition) is 7. The molecule has 1 amide bonds. The summed E-state index contributed by atoms with van der Waals surface area (Å²) in [5.41, 5.74) is 6.12. The second-order valence-corrected chi connectivity index (χ2v) is 7.63. The van der Waals surface area contributed by atoms with Crippen molar-refractivity contribution in [2.45, 2.75) is 43.2 Å². The fourth-order valence-corrected chi connectivity index (χ4v) is 3.95. The lowest BCUT2D eigenvalue weighted by Crippen LogP contribution is -2.56. The molecular formula is C16H21F4N7O. The molecule has 1 aromatic rings. The molecule has 3 aliphatic rings. The van der Waals surface area contributed by atoms with Crippen LogP contribution in [0.5, 0.6) is 0 Å². The van der Waals surface area contributed by atoms with Crippen molar-refractivity contribution in [3.8, 4) is 0 Å². The predicted octanol–water partition coefficient (Wildman–Crippen LogP) is 0.491. The highest BCUT2D eigenvalue weighted by Gasteiger charge is 2.46. The predicted molar refractivity (Wildman–Crippen MR) is 91.5 cm³/mol. The van der Waals surface area contributed by atoms with Crippen molar-refractivity contribution in [3.63, 3.8) is 0 Å². The number of alkyl halides is 4. The third-order valence-electron chi connectivity index (χ3n) is 5.44. The molecule has 8 nitrogen and oxygen atoms in total. The number of amides is 1. The molecule has 0 unspecified atom stereocenters. The highest BCUT2D eigenvalue weighted by Crippen LogP contribution is 2.32. The van der Waals surface area contributed by atoms with Crippen LogP contribution < -0.4 is 15.5 Å². The minimum Gasteiger partial charge on any atom is -0.337 e. The molecule has 3 aliphatic heterocycles. The Morgan fingerprint density at radius 1 is 1.00 bits per heavy atom. The molecule has 0 spiro atoms. The van der Waals surface area contributed by atoms with Crippen molar-refractivity contribution in [1.82, 2.24) is 19.9 Å². The summed E-state index contributed by atoms with van der Waals surface area (Å²) in [6.45, 7) is -0.516. The van der Waals surface area contributed by atoms with Crippen LogP contribution in [0.4, 0.5) is 29.5 Å². The van der Waals surface area contributed by atoms with Crippen LogP contribution in [0.15, 0.2) is 6.33 Å². The van der Waals surface area contributed by atoms with Gasteiger partial charge in [-0.2, -0.15) is 4.98 Å². The van der Waals surface area contributed by atoms with Gasteiger partial charge in [0.25, 0.3) is 11.8 Å². The van der Waals surface area contributed by atoms with E-state index in [-0.39, 0.29) is 50.3 Å². The number of hydrogen-bond donors (Lipinski definition) is 1. The normalized spacial score (nSPS) is 29.6. The van der Waals surface area contributed by atoms with Crippen LogP contribution in [-0.4, -0.2) is 82.4 Å². The maximum atomic E-state index is 13.8. The van der Waals surface area contributed by atoms with E-state index in [2.05, 4.69) is 15.0 Å². The first-order valence-electron chi connectivity index (χ1n) is 9.13. The van der Waals surface area contributed by atoms with Gasteiger partial charge >= 0.3 is 0 Å². The molecule has 0 aliphatic carbocycles. The van der Waals surface area contributed by atoms with E-state index in [9.17, 15) is 22.4 Å². The molecule has 28 heavy (non-hydrogen) atoms. The van der Waals surface area contributed by atoms with E-state index < -0.39 is 43.4 Å². The number of rotatable bonds is 3. The van der Waals surface area contributed by atoms with Crippen LogP contribution in [0, 0.1) is 0 Å². The fourth-order valence-electron chi connectivity index (χ4n) is 3.95. The molecule has 1 aromatic heterocycles. The Balaban J connectivity index is 1.49. The molecular weight excluding hydrogens is 382 g/mol. The van der Waals surface area contributed by atoms with Gasteiger partial charge in [-0.05, 0) is 0 Å². The zero-order chi connectivity index (χ0) is 20.1. The van der Waals surface area contributed by atoms with Gasteiger partial charge in [-0.3, -0.25) is 4.79 Å². The van der Waals surface area contributed by atoms with Gasteiger partial charge in [-0.15, -0.1) is 0 Å². The number of aromatic nitrogens is 3. The van der Waals surface area contributed by atoms with Crippen molar-refractivity contribution >= 4 is 17.8 Å². The number of piperidine rings is 1. The molecule has 4 rings (SSSR count). The standard InChI is InChI=1S/C16H21F4N7O/c17-15(18)2-1-12(28)27(8-15)11-6-26(5-10(11)21)14-23-9-22-13(24-14)25-4-3-16(19,20)7-25/h9-11H,1-8,21H2/t10-,11+/m0/s1. The van der Waals surface area contributed by atoms with Gasteiger partial charge < -0.3 is 20.4 Å². The minimum atomic E-state index is -2.93. The van der Waals surface area contributed by atoms with Crippen LogP contribution in [0.25, 0.3) is 0 Å². The second kappa shape index (κ2) is 6.68. The van der Waals surface area contributed by atoms with Crippen LogP contribution in [0.1, 0.15) is 19.3 Å². The summed E-state index contributed by atoms with van der Waals surface area (Å²) in [5, 5.41) is 0. The van der Waals surface area contributed by atoms with Crippen molar-refractivity contribution in [3.05, 3.63) is 6.33 Å². The molecule has 0 bridgehead atoms. The summed E-state index contributed by atoms with van der Waals surface area (Å²) in [6, 6.07) is -1.14. The summed E-state index contributed by atoms with van der Waals surface area (Å²) in [6.07, 6.45) is 0.295. The average molecular weight is 403 g/mol. The Labute approximate surface area is 158 Å². The lowest BCUT2D eigenvalue weighted by atomic mass is 10.0. The number of carbonyl (C=O) groups excluding carboxylic acids is 1. The SMILES string of the molecule is N[C@H]1CN(c2ncnc(N3CCC(F)(F)C3)n2)C[C@H]1N1CC(F)(F)CCC1=O. The number of nitrogens with two attached hydrogens (primary N) is 1. The Bertz CT molecular complexity index is 764. The monoisotopic (exact) mass is 403 g/mol. The first kappa shape index (κ1) is 19.1. The summed E-state index contributed by atoms with van der Waals surface area (Å²) < 4.78 is 54.4. The molecule has 3 fully saturated rings. The Kier molecular flexibility index (Phi) is 4.55. The maximum absolute atomic E-state index is 13.8. The number of nitrogens with zero attached hydrogens (tertiary/aromatic N) is 6. The van der Waals surface area contributed by atoms with Gasteiger partial charge in [-0.1, -0.05) is 0 Å². The topological polar surface area (TPSA) is 91.5 Å². The zero-order valence-corrected chi connectivity index (χ0v) is 15.1. The van der Waals surface area contributed by atoms with E-state index in [1.54, 1.807) is 4.90 Å². The summed E-state index contributed by atoms with van der Waals surface area (Å²) in [7, 11) is 0. The van der Waals surface area contributed by atoms with Crippen molar-refractivity contribution in [2.24, 2.45) is 5.73 Å². The quantitative estimate of drug-likeness (QED) is 0.735. The van der Waals surface area contributed by atoms with Crippen molar-refractivity contribution < 1.29 is 22.4 Å². The average Bonchev–Trinajstić information content (AvgIpc) is 3.20. The van der Waals surface area contributed by atoms with Gasteiger partial charge in [0.2, 0.25) is 17.8 Å². The van der Waals surface area contributed by atoms with Crippen LogP contribution in [0.3, 0.4) is 0 Å². The largest absolute Gasteiger partial charge is 0.337 e. The third-order valence-corrected chi connectivity index (χ3v) is 5.44. The zero-order valence-electron chi connectivity index (χ0n) is 15.1. The Morgan fingerprint density at radius 2 is 1.68 bits per heavy atom. The third kappa shape index (κ3) is 3.69. The number of carbonyl (C=O) groups is 1. The molecule has 2 N–H and O–H groups in total. The van der Waals surface area contributed by atoms with Gasteiger partial charge in [0.15, 0.2) is 0 Å². The maximum Gasteiger partial charge on any atom is 0.267 e. The number of anilines is 2. The van der Waals surface area contributed by atoms with E-state index in [0.717, 1.165) is 4.90 Å².